The number of rotatable bonds is 6. The number of nitrogens with zero attached hydrogens (tertiary/aromatic N) is 2. The Balaban J connectivity index is 1.76. The fourth-order valence-corrected chi connectivity index (χ4v) is 3.83. The number of amides is 1. The van der Waals surface area contributed by atoms with Crippen LogP contribution in [-0.4, -0.2) is 32.7 Å². The van der Waals surface area contributed by atoms with Gasteiger partial charge in [0.1, 0.15) is 0 Å². The smallest absolute Gasteiger partial charge is 0.253 e. The third kappa shape index (κ3) is 3.76. The van der Waals surface area contributed by atoms with Crippen LogP contribution in [0.4, 0.5) is 0 Å². The van der Waals surface area contributed by atoms with Gasteiger partial charge >= 0.3 is 0 Å². The summed E-state index contributed by atoms with van der Waals surface area (Å²) in [6.07, 6.45) is 5.59. The number of pyridine rings is 1. The van der Waals surface area contributed by atoms with Crippen molar-refractivity contribution in [3.8, 4) is 0 Å². The highest BCUT2D eigenvalue weighted by molar-refractivity contribution is 5.96. The molecule has 2 aromatic heterocycles. The van der Waals surface area contributed by atoms with E-state index in [9.17, 15) is 9.90 Å². The molecule has 0 aliphatic heterocycles. The molecular weight excluding hydrogens is 314 g/mol. The molecule has 25 heavy (non-hydrogen) atoms. The Morgan fingerprint density at radius 1 is 1.36 bits per heavy atom. The van der Waals surface area contributed by atoms with Gasteiger partial charge in [-0.2, -0.15) is 0 Å². The van der Waals surface area contributed by atoms with Crippen molar-refractivity contribution in [1.29, 1.82) is 0 Å². The number of hydrogen-bond acceptors (Lipinski definition) is 3. The number of aromatic nitrogens is 2. The highest BCUT2D eigenvalue weighted by atomic mass is 16.3. The van der Waals surface area contributed by atoms with Crippen LogP contribution >= 0.6 is 0 Å². The van der Waals surface area contributed by atoms with Gasteiger partial charge in [0.15, 0.2) is 0 Å². The minimum Gasteiger partial charge on any atom is -0.393 e. The van der Waals surface area contributed by atoms with Crippen molar-refractivity contribution in [3.05, 3.63) is 53.1 Å². The van der Waals surface area contributed by atoms with E-state index in [0.29, 0.717) is 5.92 Å². The zero-order valence-corrected chi connectivity index (χ0v) is 15.2. The van der Waals surface area contributed by atoms with Crippen molar-refractivity contribution in [1.82, 2.24) is 14.9 Å². The summed E-state index contributed by atoms with van der Waals surface area (Å²) >= 11 is 0. The lowest BCUT2D eigenvalue weighted by molar-refractivity contribution is 0.0239. The minimum absolute atomic E-state index is 0.0201. The van der Waals surface area contributed by atoms with E-state index in [1.165, 1.54) is 0 Å². The van der Waals surface area contributed by atoms with Crippen LogP contribution in [0.3, 0.4) is 0 Å². The maximum Gasteiger partial charge on any atom is 0.253 e. The number of aryl methyl sites for hydroxylation is 1. The van der Waals surface area contributed by atoms with Crippen LogP contribution in [0.5, 0.6) is 0 Å². The van der Waals surface area contributed by atoms with Crippen LogP contribution in [0, 0.1) is 19.8 Å². The SMILES string of the molecule is CCn1c(C)cc(C(=O)N[C@H](Cc2ccncc2)C2CC(O)C2)c1C. The molecule has 2 aromatic rings. The standard InChI is InChI=1S/C20H27N3O2/c1-4-23-13(2)9-18(14(23)3)20(25)22-19(16-11-17(24)12-16)10-15-5-7-21-8-6-15/h5-9,16-17,19,24H,4,10-12H2,1-3H3,(H,22,25)/t16?,17?,19-/m1/s1. The summed E-state index contributed by atoms with van der Waals surface area (Å²) in [5.41, 5.74) is 4.02. The van der Waals surface area contributed by atoms with Crippen LogP contribution in [0.2, 0.25) is 0 Å². The van der Waals surface area contributed by atoms with Crippen LogP contribution < -0.4 is 5.32 Å². The third-order valence-corrected chi connectivity index (χ3v) is 5.37. The van der Waals surface area contributed by atoms with Gasteiger partial charge in [0.2, 0.25) is 0 Å². The van der Waals surface area contributed by atoms with E-state index in [0.717, 1.165) is 48.3 Å². The average molecular weight is 341 g/mol. The van der Waals surface area contributed by atoms with E-state index in [1.54, 1.807) is 12.4 Å². The van der Waals surface area contributed by atoms with E-state index >= 15 is 0 Å². The number of hydrogen-bond donors (Lipinski definition) is 2. The maximum atomic E-state index is 12.9. The number of aliphatic hydroxyl groups is 1. The number of nitrogens with one attached hydrogen (secondary N) is 1. The fourth-order valence-electron chi connectivity index (χ4n) is 3.83. The molecule has 5 nitrogen and oxygen atoms in total. The molecule has 1 atom stereocenters. The number of aliphatic hydroxyl groups excluding tert-OH is 1. The summed E-state index contributed by atoms with van der Waals surface area (Å²) in [5.74, 6) is 0.301. The Labute approximate surface area is 149 Å². The molecule has 2 N–H and O–H groups in total. The van der Waals surface area contributed by atoms with Crippen LogP contribution in [-0.2, 0) is 13.0 Å². The topological polar surface area (TPSA) is 67.2 Å². The quantitative estimate of drug-likeness (QED) is 0.849. The first-order valence-electron chi connectivity index (χ1n) is 9.04. The molecule has 0 radical (unpaired) electrons. The normalized spacial score (nSPS) is 20.8. The monoisotopic (exact) mass is 341 g/mol. The van der Waals surface area contributed by atoms with Gasteiger partial charge in [-0.1, -0.05) is 0 Å². The first kappa shape index (κ1) is 17.7. The second-order valence-corrected chi connectivity index (χ2v) is 7.05. The van der Waals surface area contributed by atoms with Gasteiger partial charge in [-0.05, 0) is 69.7 Å². The van der Waals surface area contributed by atoms with E-state index in [2.05, 4.69) is 21.8 Å². The van der Waals surface area contributed by atoms with E-state index in [-0.39, 0.29) is 18.1 Å². The Morgan fingerprint density at radius 2 is 2.04 bits per heavy atom. The second-order valence-electron chi connectivity index (χ2n) is 7.05. The molecule has 1 saturated carbocycles. The van der Waals surface area contributed by atoms with Crippen molar-refractivity contribution >= 4 is 5.91 Å². The lowest BCUT2D eigenvalue weighted by atomic mass is 9.75. The Bertz CT molecular complexity index is 733. The van der Waals surface area contributed by atoms with Gasteiger partial charge in [0.05, 0.1) is 11.7 Å². The molecule has 0 spiro atoms. The molecule has 5 heteroatoms. The van der Waals surface area contributed by atoms with Gasteiger partial charge in [-0.25, -0.2) is 0 Å². The average Bonchev–Trinajstić information content (AvgIpc) is 2.86. The van der Waals surface area contributed by atoms with Gasteiger partial charge < -0.3 is 15.0 Å². The molecule has 134 valence electrons. The summed E-state index contributed by atoms with van der Waals surface area (Å²) in [6.45, 7) is 6.98. The highest BCUT2D eigenvalue weighted by Gasteiger charge is 2.35. The summed E-state index contributed by atoms with van der Waals surface area (Å²) < 4.78 is 2.15. The summed E-state index contributed by atoms with van der Waals surface area (Å²) in [6, 6.07) is 5.96. The lowest BCUT2D eigenvalue weighted by Gasteiger charge is -2.38. The van der Waals surface area contributed by atoms with Crippen molar-refractivity contribution in [2.45, 2.75) is 58.7 Å². The predicted octanol–water partition coefficient (Wildman–Crippen LogP) is 2.63. The molecule has 1 amide bonds. The van der Waals surface area contributed by atoms with E-state index < -0.39 is 0 Å². The van der Waals surface area contributed by atoms with Gasteiger partial charge in [0, 0.05) is 36.4 Å². The zero-order chi connectivity index (χ0) is 18.0. The molecule has 0 saturated heterocycles. The van der Waals surface area contributed by atoms with Crippen LogP contribution in [0.1, 0.15) is 47.1 Å². The molecular formula is C20H27N3O2. The van der Waals surface area contributed by atoms with E-state index in [1.807, 2.05) is 32.0 Å². The molecule has 1 aliphatic rings. The highest BCUT2D eigenvalue weighted by Crippen LogP contribution is 2.32. The van der Waals surface area contributed by atoms with Crippen molar-refractivity contribution < 1.29 is 9.90 Å². The first-order chi connectivity index (χ1) is 12.0. The first-order valence-corrected chi connectivity index (χ1v) is 9.04. The number of carbonyl (C=O) groups excluding carboxylic acids is 1. The summed E-state index contributed by atoms with van der Waals surface area (Å²) in [5, 5.41) is 12.9. The lowest BCUT2D eigenvalue weighted by Crippen LogP contribution is -2.48. The molecule has 3 rings (SSSR count). The molecule has 2 heterocycles. The predicted molar refractivity (Wildman–Crippen MR) is 97.5 cm³/mol. The molecule has 1 aliphatic carbocycles. The van der Waals surface area contributed by atoms with Gasteiger partial charge in [0.25, 0.3) is 5.91 Å². The van der Waals surface area contributed by atoms with Gasteiger partial charge in [-0.3, -0.25) is 9.78 Å². The number of carbonyl (C=O) groups is 1. The van der Waals surface area contributed by atoms with Crippen LogP contribution in [0.25, 0.3) is 0 Å². The van der Waals surface area contributed by atoms with Crippen LogP contribution in [0.15, 0.2) is 30.6 Å². The molecule has 0 bridgehead atoms. The largest absolute Gasteiger partial charge is 0.393 e. The Kier molecular flexibility index (Phi) is 5.23. The van der Waals surface area contributed by atoms with Gasteiger partial charge in [-0.15, -0.1) is 0 Å². The van der Waals surface area contributed by atoms with Crippen molar-refractivity contribution in [2.75, 3.05) is 0 Å². The van der Waals surface area contributed by atoms with Crippen molar-refractivity contribution in [2.24, 2.45) is 5.92 Å². The third-order valence-electron chi connectivity index (χ3n) is 5.37. The Hall–Kier alpha value is -2.14. The zero-order valence-electron chi connectivity index (χ0n) is 15.2. The van der Waals surface area contributed by atoms with Crippen molar-refractivity contribution in [3.63, 3.8) is 0 Å². The second kappa shape index (κ2) is 7.40. The maximum absolute atomic E-state index is 12.9. The summed E-state index contributed by atoms with van der Waals surface area (Å²) in [7, 11) is 0. The molecule has 0 unspecified atom stereocenters. The fraction of sp³-hybridized carbons (Fsp3) is 0.500. The summed E-state index contributed by atoms with van der Waals surface area (Å²) in [4.78, 5) is 16.9. The molecule has 1 fully saturated rings. The molecule has 0 aromatic carbocycles. The Morgan fingerprint density at radius 3 is 2.60 bits per heavy atom. The van der Waals surface area contributed by atoms with E-state index in [4.69, 9.17) is 0 Å². The minimum atomic E-state index is -0.230.